The molecule has 0 amide bonds. The molecular formula is C23H30F6N2O5. The zero-order valence-electron chi connectivity index (χ0n) is 19.5. The number of piperidine rings is 1. The van der Waals surface area contributed by atoms with Crippen LogP contribution < -0.4 is 10.6 Å². The van der Waals surface area contributed by atoms with Crippen molar-refractivity contribution < 1.29 is 51.3 Å². The van der Waals surface area contributed by atoms with E-state index in [4.69, 9.17) is 19.8 Å². The molecule has 5 N–H and O–H groups in total. The number of carboxylic acid groups (broad SMARTS) is 2. The van der Waals surface area contributed by atoms with Gasteiger partial charge in [0.2, 0.25) is 0 Å². The largest absolute Gasteiger partial charge is 0.490 e. The van der Waals surface area contributed by atoms with Crippen molar-refractivity contribution in [3.8, 4) is 0 Å². The molecule has 2 fully saturated rings. The molecule has 1 aromatic rings. The molecule has 0 unspecified atom stereocenters. The molecule has 1 heterocycles. The minimum atomic E-state index is -5.08. The Morgan fingerprint density at radius 3 is 1.92 bits per heavy atom. The lowest BCUT2D eigenvalue weighted by molar-refractivity contribution is -0.193. The number of alkyl halides is 6. The first-order valence-corrected chi connectivity index (χ1v) is 11.1. The number of rotatable bonds is 6. The van der Waals surface area contributed by atoms with Gasteiger partial charge in [-0.3, -0.25) is 0 Å². The molecule has 3 rings (SSSR count). The van der Waals surface area contributed by atoms with Crippen LogP contribution in [0.25, 0.3) is 6.08 Å². The molecule has 2 aliphatic rings. The van der Waals surface area contributed by atoms with Crippen molar-refractivity contribution >= 4 is 18.0 Å². The quantitative estimate of drug-likeness (QED) is 0.356. The Hall–Kier alpha value is -2.64. The van der Waals surface area contributed by atoms with Gasteiger partial charge in [-0.15, -0.1) is 0 Å². The average molecular weight is 528 g/mol. The Morgan fingerprint density at radius 2 is 1.50 bits per heavy atom. The molecule has 0 spiro atoms. The van der Waals surface area contributed by atoms with Gasteiger partial charge < -0.3 is 26.0 Å². The van der Waals surface area contributed by atoms with Crippen LogP contribution in [0.4, 0.5) is 26.3 Å². The first-order chi connectivity index (χ1) is 16.6. The second-order valence-corrected chi connectivity index (χ2v) is 8.39. The Kier molecular flexibility index (Phi) is 11.9. The van der Waals surface area contributed by atoms with E-state index in [9.17, 15) is 31.4 Å². The van der Waals surface area contributed by atoms with Crippen LogP contribution in [0, 0.1) is 5.92 Å². The van der Waals surface area contributed by atoms with Crippen molar-refractivity contribution in [3.05, 3.63) is 41.5 Å². The van der Waals surface area contributed by atoms with E-state index in [0.717, 1.165) is 38.9 Å². The van der Waals surface area contributed by atoms with Crippen molar-refractivity contribution in [3.63, 3.8) is 0 Å². The number of aliphatic carboxylic acids is 2. The van der Waals surface area contributed by atoms with Gasteiger partial charge in [0.05, 0.1) is 5.60 Å². The monoisotopic (exact) mass is 528 g/mol. The molecule has 1 aliphatic carbocycles. The summed E-state index contributed by atoms with van der Waals surface area (Å²) in [6.45, 7) is 4.84. The van der Waals surface area contributed by atoms with Crippen LogP contribution in [0.2, 0.25) is 0 Å². The highest BCUT2D eigenvalue weighted by molar-refractivity contribution is 5.73. The van der Waals surface area contributed by atoms with Crippen LogP contribution in [-0.4, -0.2) is 70.9 Å². The maximum absolute atomic E-state index is 10.6. The van der Waals surface area contributed by atoms with Crippen molar-refractivity contribution in [1.82, 2.24) is 10.6 Å². The number of nitrogens with one attached hydrogen (secondary N) is 2. The number of carbonyl (C=O) groups is 2. The lowest BCUT2D eigenvalue weighted by Gasteiger charge is -2.32. The maximum atomic E-state index is 10.6. The van der Waals surface area contributed by atoms with E-state index < -0.39 is 29.9 Å². The lowest BCUT2D eigenvalue weighted by Crippen LogP contribution is -2.49. The maximum Gasteiger partial charge on any atom is 0.490 e. The molecule has 0 radical (unpaired) electrons. The third-order valence-electron chi connectivity index (χ3n) is 5.54. The van der Waals surface area contributed by atoms with Gasteiger partial charge in [0.25, 0.3) is 0 Å². The Bertz CT molecular complexity index is 844. The SMILES string of the molecule is CC/C(=C\c1ccccc1)[C@@H]1C[C@H]1NCC1(O)CCNCC1.O=C(O)C(F)(F)F.O=C(O)C(F)(F)F. The zero-order valence-corrected chi connectivity index (χ0v) is 19.5. The van der Waals surface area contributed by atoms with Gasteiger partial charge in [-0.05, 0) is 50.3 Å². The Labute approximate surface area is 204 Å². The number of hydrogen-bond acceptors (Lipinski definition) is 5. The minimum absolute atomic E-state index is 0.506. The second kappa shape index (κ2) is 13.6. The van der Waals surface area contributed by atoms with Crippen LogP contribution in [0.15, 0.2) is 35.9 Å². The standard InChI is InChI=1S/C19H28N2O.2C2HF3O2/c1-2-16(12-15-6-4-3-5-7-15)17-13-18(17)21-14-19(22)8-10-20-11-9-19;2*3-2(4,5)1(6)7/h3-7,12,17-18,20-22H,2,8-11,13-14H2,1H3;2*(H,6,7)/b16-12+;;/t17-,18+;;/m0../s1. The van der Waals surface area contributed by atoms with E-state index in [1.54, 1.807) is 0 Å². The van der Waals surface area contributed by atoms with Crippen molar-refractivity contribution in [2.75, 3.05) is 19.6 Å². The van der Waals surface area contributed by atoms with E-state index in [1.165, 1.54) is 17.6 Å². The van der Waals surface area contributed by atoms with Gasteiger partial charge in [-0.2, -0.15) is 26.3 Å². The molecule has 0 aromatic heterocycles. The first-order valence-electron chi connectivity index (χ1n) is 11.1. The predicted octanol–water partition coefficient (Wildman–Crippen LogP) is 3.84. The van der Waals surface area contributed by atoms with E-state index in [-0.39, 0.29) is 0 Å². The summed E-state index contributed by atoms with van der Waals surface area (Å²) in [4.78, 5) is 17.8. The number of carboxylic acids is 2. The third-order valence-corrected chi connectivity index (χ3v) is 5.54. The molecule has 13 heteroatoms. The molecule has 1 aromatic carbocycles. The summed E-state index contributed by atoms with van der Waals surface area (Å²) in [7, 11) is 0. The van der Waals surface area contributed by atoms with Gasteiger partial charge in [0.15, 0.2) is 0 Å². The topological polar surface area (TPSA) is 119 Å². The summed E-state index contributed by atoms with van der Waals surface area (Å²) in [5, 5.41) is 31.7. The Morgan fingerprint density at radius 1 is 1.03 bits per heavy atom. The molecule has 1 saturated carbocycles. The van der Waals surface area contributed by atoms with Gasteiger partial charge in [0.1, 0.15) is 0 Å². The van der Waals surface area contributed by atoms with Crippen molar-refractivity contribution in [2.45, 2.75) is 56.6 Å². The molecule has 7 nitrogen and oxygen atoms in total. The van der Waals surface area contributed by atoms with Crippen molar-refractivity contribution in [2.24, 2.45) is 5.92 Å². The molecule has 1 aliphatic heterocycles. The molecule has 36 heavy (non-hydrogen) atoms. The number of aliphatic hydroxyl groups is 1. The molecule has 204 valence electrons. The highest BCUT2D eigenvalue weighted by Crippen LogP contribution is 2.40. The predicted molar refractivity (Wildman–Crippen MR) is 119 cm³/mol. The zero-order chi connectivity index (χ0) is 27.6. The average Bonchev–Trinajstić information content (AvgIpc) is 3.56. The van der Waals surface area contributed by atoms with Gasteiger partial charge >= 0.3 is 24.3 Å². The Balaban J connectivity index is 0.000000383. The first kappa shape index (κ1) is 31.4. The summed E-state index contributed by atoms with van der Waals surface area (Å²) in [6, 6.07) is 11.1. The number of benzene rings is 1. The van der Waals surface area contributed by atoms with E-state index in [1.807, 2.05) is 0 Å². The highest BCUT2D eigenvalue weighted by Gasteiger charge is 2.41. The molecule has 2 atom stereocenters. The van der Waals surface area contributed by atoms with Crippen LogP contribution in [0.5, 0.6) is 0 Å². The molecule has 0 bridgehead atoms. The van der Waals surface area contributed by atoms with Gasteiger partial charge in [0, 0.05) is 12.6 Å². The van der Waals surface area contributed by atoms with E-state index in [0.29, 0.717) is 12.0 Å². The van der Waals surface area contributed by atoms with Crippen LogP contribution in [-0.2, 0) is 9.59 Å². The van der Waals surface area contributed by atoms with Crippen LogP contribution >= 0.6 is 0 Å². The van der Waals surface area contributed by atoms with E-state index in [2.05, 4.69) is 54.0 Å². The lowest BCUT2D eigenvalue weighted by atomic mass is 9.92. The fraction of sp³-hybridized carbons (Fsp3) is 0.565. The summed E-state index contributed by atoms with van der Waals surface area (Å²) in [5.41, 5.74) is 2.32. The van der Waals surface area contributed by atoms with Crippen LogP contribution in [0.3, 0.4) is 0 Å². The minimum Gasteiger partial charge on any atom is -0.475 e. The highest BCUT2D eigenvalue weighted by atomic mass is 19.4. The van der Waals surface area contributed by atoms with Gasteiger partial charge in [-0.1, -0.05) is 48.9 Å². The number of hydrogen-bond donors (Lipinski definition) is 5. The smallest absolute Gasteiger partial charge is 0.475 e. The fourth-order valence-electron chi connectivity index (χ4n) is 3.46. The normalized spacial score (nSPS) is 21.3. The van der Waals surface area contributed by atoms with Gasteiger partial charge in [-0.25, -0.2) is 9.59 Å². The second-order valence-electron chi connectivity index (χ2n) is 8.39. The summed E-state index contributed by atoms with van der Waals surface area (Å²) >= 11 is 0. The van der Waals surface area contributed by atoms with E-state index >= 15 is 0 Å². The molecular weight excluding hydrogens is 498 g/mol. The van der Waals surface area contributed by atoms with Crippen LogP contribution in [0.1, 0.15) is 38.2 Å². The summed E-state index contributed by atoms with van der Waals surface area (Å²) < 4.78 is 63.5. The summed E-state index contributed by atoms with van der Waals surface area (Å²) in [6.07, 6.45) is -3.80. The summed E-state index contributed by atoms with van der Waals surface area (Å²) in [5.74, 6) is -4.87. The third kappa shape index (κ3) is 11.9. The number of halogens is 6. The molecule has 1 saturated heterocycles. The van der Waals surface area contributed by atoms with Crippen molar-refractivity contribution in [1.29, 1.82) is 0 Å². The fourth-order valence-corrected chi connectivity index (χ4v) is 3.46.